The number of nitrogens with zero attached hydrogens (tertiary/aromatic N) is 5. The van der Waals surface area contributed by atoms with E-state index in [0.717, 1.165) is 24.2 Å². The van der Waals surface area contributed by atoms with Gasteiger partial charge < -0.3 is 5.32 Å². The normalized spacial score (nSPS) is 15.7. The van der Waals surface area contributed by atoms with Crippen LogP contribution >= 0.6 is 15.9 Å². The summed E-state index contributed by atoms with van der Waals surface area (Å²) in [6.45, 7) is 2.82. The highest BCUT2D eigenvalue weighted by Crippen LogP contribution is 2.26. The quantitative estimate of drug-likeness (QED) is 0.548. The van der Waals surface area contributed by atoms with E-state index in [1.54, 1.807) is 0 Å². The molecule has 0 amide bonds. The Morgan fingerprint density at radius 2 is 2.03 bits per heavy atom. The fourth-order valence-electron chi connectivity index (χ4n) is 2.93. The summed E-state index contributed by atoms with van der Waals surface area (Å²) < 4.78 is 35.9. The van der Waals surface area contributed by atoms with E-state index < -0.39 is 22.4 Å². The third-order valence-electron chi connectivity index (χ3n) is 4.46. The third kappa shape index (κ3) is 4.31. The van der Waals surface area contributed by atoms with Gasteiger partial charge in [0.1, 0.15) is 5.82 Å². The molecule has 1 fully saturated rings. The largest absolute Gasteiger partial charge is 0.446 e. The molecule has 3 heterocycles. The first-order chi connectivity index (χ1) is 14.0. The van der Waals surface area contributed by atoms with Crippen LogP contribution in [0.15, 0.2) is 36.6 Å². The van der Waals surface area contributed by atoms with Gasteiger partial charge in [-0.3, -0.25) is 13.6 Å². The van der Waals surface area contributed by atoms with Crippen LogP contribution in [0, 0.1) is 5.82 Å². The molecule has 3 aromatic rings. The van der Waals surface area contributed by atoms with Crippen molar-refractivity contribution < 1.29 is 17.8 Å². The highest BCUT2D eigenvalue weighted by Gasteiger charge is 2.23. The topological polar surface area (TPSA) is 119 Å². The van der Waals surface area contributed by atoms with Crippen LogP contribution in [-0.2, 0) is 10.8 Å². The lowest BCUT2D eigenvalue weighted by molar-refractivity contribution is 0.305. The molecule has 0 bridgehead atoms. The molecular weight excluding hydrogens is 471 g/mol. The first-order valence-electron chi connectivity index (χ1n) is 8.71. The Morgan fingerprint density at radius 3 is 2.79 bits per heavy atom. The van der Waals surface area contributed by atoms with E-state index in [1.165, 1.54) is 18.2 Å². The SMILES string of the molecule is O=c1onc(-c2nonc2NCCN2CCS(=O)CC2)n1-c1ccc(F)c(Br)c1. The fraction of sp³-hybridized carbons (Fsp3) is 0.375. The van der Waals surface area contributed by atoms with E-state index in [0.29, 0.717) is 29.6 Å². The number of aromatic nitrogens is 4. The zero-order valence-corrected chi connectivity index (χ0v) is 17.4. The van der Waals surface area contributed by atoms with E-state index in [4.69, 9.17) is 9.15 Å². The fourth-order valence-corrected chi connectivity index (χ4v) is 4.43. The van der Waals surface area contributed by atoms with Gasteiger partial charge in [0.2, 0.25) is 11.6 Å². The minimum atomic E-state index is -0.756. The lowest BCUT2D eigenvalue weighted by Crippen LogP contribution is -2.40. The molecule has 29 heavy (non-hydrogen) atoms. The molecule has 154 valence electrons. The molecule has 0 spiro atoms. The smallest absolute Gasteiger partial charge is 0.364 e. The molecule has 4 rings (SSSR count). The van der Waals surface area contributed by atoms with Gasteiger partial charge in [-0.25, -0.2) is 18.4 Å². The van der Waals surface area contributed by atoms with Crippen molar-refractivity contribution >= 4 is 32.5 Å². The Labute approximate surface area is 174 Å². The van der Waals surface area contributed by atoms with Gasteiger partial charge in [0.25, 0.3) is 0 Å². The van der Waals surface area contributed by atoms with Crippen molar-refractivity contribution in [2.24, 2.45) is 0 Å². The molecule has 1 N–H and O–H groups in total. The number of hydrogen-bond acceptors (Lipinski definition) is 9. The standard InChI is InChI=1S/C16H16BrFN6O4S/c17-11-9-10(1-2-12(11)18)24-15(22-27-16(24)25)13-14(21-28-20-13)19-3-4-23-5-7-29(26)8-6-23/h1-2,9H,3-8H2,(H,19,21). The van der Waals surface area contributed by atoms with E-state index in [9.17, 15) is 13.4 Å². The van der Waals surface area contributed by atoms with Crippen LogP contribution in [0.5, 0.6) is 0 Å². The Bertz CT molecular complexity index is 1090. The van der Waals surface area contributed by atoms with Crippen molar-refractivity contribution in [1.82, 2.24) is 24.9 Å². The highest BCUT2D eigenvalue weighted by atomic mass is 79.9. The monoisotopic (exact) mass is 486 g/mol. The molecule has 10 nitrogen and oxygen atoms in total. The Balaban J connectivity index is 1.53. The summed E-state index contributed by atoms with van der Waals surface area (Å²) in [6.07, 6.45) is 0. The molecule has 1 aliphatic heterocycles. The van der Waals surface area contributed by atoms with Crippen molar-refractivity contribution in [3.05, 3.63) is 39.0 Å². The van der Waals surface area contributed by atoms with Crippen LogP contribution in [0.25, 0.3) is 17.2 Å². The summed E-state index contributed by atoms with van der Waals surface area (Å²) in [5.74, 6) is 0.504. The van der Waals surface area contributed by atoms with E-state index >= 15 is 0 Å². The molecule has 0 atom stereocenters. The average Bonchev–Trinajstić information content (AvgIpc) is 3.32. The predicted molar refractivity (Wildman–Crippen MR) is 106 cm³/mol. The van der Waals surface area contributed by atoms with Gasteiger partial charge in [-0.15, -0.1) is 0 Å². The number of halogens is 2. The maximum Gasteiger partial charge on any atom is 0.446 e. The summed E-state index contributed by atoms with van der Waals surface area (Å²) in [5.41, 5.74) is 0.533. The molecule has 0 saturated carbocycles. The summed E-state index contributed by atoms with van der Waals surface area (Å²) in [4.78, 5) is 14.4. The maximum absolute atomic E-state index is 13.6. The number of rotatable bonds is 6. The predicted octanol–water partition coefficient (Wildman–Crippen LogP) is 1.25. The molecule has 0 radical (unpaired) electrons. The summed E-state index contributed by atoms with van der Waals surface area (Å²) in [5, 5.41) is 14.5. The van der Waals surface area contributed by atoms with Crippen molar-refractivity contribution in [2.75, 3.05) is 43.0 Å². The highest BCUT2D eigenvalue weighted by molar-refractivity contribution is 9.10. The summed E-state index contributed by atoms with van der Waals surface area (Å²) >= 11 is 3.10. The first kappa shape index (κ1) is 19.9. The van der Waals surface area contributed by atoms with Gasteiger partial charge in [0.05, 0.1) is 10.2 Å². The minimum Gasteiger partial charge on any atom is -0.364 e. The Hall–Kier alpha value is -2.38. The first-order valence-corrected chi connectivity index (χ1v) is 11.0. The van der Waals surface area contributed by atoms with Crippen molar-refractivity contribution in [3.63, 3.8) is 0 Å². The van der Waals surface area contributed by atoms with Gasteiger partial charge >= 0.3 is 5.76 Å². The molecule has 1 saturated heterocycles. The van der Waals surface area contributed by atoms with E-state index in [1.807, 2.05) is 0 Å². The Kier molecular flexibility index (Phi) is 5.87. The molecule has 1 aliphatic rings. The number of hydrogen-bond donors (Lipinski definition) is 1. The second kappa shape index (κ2) is 8.55. The van der Waals surface area contributed by atoms with Gasteiger partial charge in [0.15, 0.2) is 5.69 Å². The van der Waals surface area contributed by atoms with Crippen molar-refractivity contribution in [1.29, 1.82) is 0 Å². The molecular formula is C16H16BrFN6O4S. The van der Waals surface area contributed by atoms with Gasteiger partial charge in [-0.2, -0.15) is 0 Å². The molecule has 13 heteroatoms. The van der Waals surface area contributed by atoms with Gasteiger partial charge in [-0.1, -0.05) is 5.16 Å². The van der Waals surface area contributed by atoms with Crippen LogP contribution in [0.2, 0.25) is 0 Å². The number of anilines is 1. The van der Waals surface area contributed by atoms with Gasteiger partial charge in [0, 0.05) is 48.5 Å². The van der Waals surface area contributed by atoms with Crippen LogP contribution in [-0.4, -0.2) is 66.8 Å². The van der Waals surface area contributed by atoms with Crippen LogP contribution in [0.1, 0.15) is 0 Å². The molecule has 1 aromatic carbocycles. The minimum absolute atomic E-state index is 0.0747. The second-order valence-corrected chi connectivity index (χ2v) is 8.83. The van der Waals surface area contributed by atoms with Crippen molar-refractivity contribution in [3.8, 4) is 17.2 Å². The van der Waals surface area contributed by atoms with Crippen LogP contribution in [0.3, 0.4) is 0 Å². The zero-order valence-electron chi connectivity index (χ0n) is 15.0. The van der Waals surface area contributed by atoms with Crippen molar-refractivity contribution in [2.45, 2.75) is 0 Å². The van der Waals surface area contributed by atoms with Crippen LogP contribution in [0.4, 0.5) is 10.2 Å². The lowest BCUT2D eigenvalue weighted by atomic mass is 10.3. The maximum atomic E-state index is 13.6. The number of nitrogens with one attached hydrogen (secondary N) is 1. The summed E-state index contributed by atoms with van der Waals surface area (Å²) in [7, 11) is -0.724. The Morgan fingerprint density at radius 1 is 1.24 bits per heavy atom. The molecule has 0 aliphatic carbocycles. The summed E-state index contributed by atoms with van der Waals surface area (Å²) in [6, 6.07) is 4.07. The van der Waals surface area contributed by atoms with Gasteiger partial charge in [-0.05, 0) is 44.4 Å². The lowest BCUT2D eigenvalue weighted by Gasteiger charge is -2.25. The average molecular weight is 487 g/mol. The van der Waals surface area contributed by atoms with E-state index in [2.05, 4.69) is 41.6 Å². The van der Waals surface area contributed by atoms with Crippen LogP contribution < -0.4 is 11.1 Å². The zero-order chi connectivity index (χ0) is 20.4. The molecule has 0 unspecified atom stereocenters. The number of benzene rings is 1. The second-order valence-electron chi connectivity index (χ2n) is 6.28. The molecule has 2 aromatic heterocycles. The third-order valence-corrected chi connectivity index (χ3v) is 6.34. The van der Waals surface area contributed by atoms with E-state index in [-0.39, 0.29) is 16.0 Å².